The number of hydrogen-bond donors (Lipinski definition) is 3. The van der Waals surface area contributed by atoms with Gasteiger partial charge in [-0.3, -0.25) is 19.0 Å². The van der Waals surface area contributed by atoms with E-state index in [-0.39, 0.29) is 30.4 Å². The van der Waals surface area contributed by atoms with Gasteiger partial charge in [0.2, 0.25) is 5.91 Å². The van der Waals surface area contributed by atoms with Crippen LogP contribution in [-0.2, 0) is 4.79 Å². The number of aromatic nitrogens is 5. The van der Waals surface area contributed by atoms with E-state index >= 15 is 0 Å². The largest absolute Gasteiger partial charge is 0.382 e. The molecular formula is C31H30N8O3. The molecule has 3 heterocycles. The highest BCUT2D eigenvalue weighted by molar-refractivity contribution is 5.98. The van der Waals surface area contributed by atoms with E-state index in [2.05, 4.69) is 39.1 Å². The summed E-state index contributed by atoms with van der Waals surface area (Å²) in [6, 6.07) is 17.0. The van der Waals surface area contributed by atoms with Crippen LogP contribution in [0.3, 0.4) is 0 Å². The Morgan fingerprint density at radius 3 is 2.64 bits per heavy atom. The lowest BCUT2D eigenvalue weighted by atomic mass is 10.1. The van der Waals surface area contributed by atoms with Gasteiger partial charge < -0.3 is 16.4 Å². The third kappa shape index (κ3) is 5.73. The third-order valence-corrected chi connectivity index (χ3v) is 6.27. The molecule has 11 heteroatoms. The molecule has 0 aliphatic rings. The van der Waals surface area contributed by atoms with Crippen molar-refractivity contribution in [1.82, 2.24) is 34.8 Å². The van der Waals surface area contributed by atoms with Crippen LogP contribution in [0.5, 0.6) is 0 Å². The first-order valence-electron chi connectivity index (χ1n) is 12.8. The predicted molar refractivity (Wildman–Crippen MR) is 162 cm³/mol. The van der Waals surface area contributed by atoms with Crippen molar-refractivity contribution in [3.63, 3.8) is 0 Å². The Bertz CT molecular complexity index is 1920. The number of para-hydroxylation sites is 1. The molecule has 5 aromatic rings. The van der Waals surface area contributed by atoms with Gasteiger partial charge in [-0.25, -0.2) is 14.5 Å². The number of rotatable bonds is 7. The molecule has 0 unspecified atom stereocenters. The van der Waals surface area contributed by atoms with Crippen molar-refractivity contribution in [3.8, 4) is 17.5 Å². The lowest BCUT2D eigenvalue weighted by molar-refractivity contribution is -0.116. The summed E-state index contributed by atoms with van der Waals surface area (Å²) < 4.78 is 2.84. The number of imidazole rings is 1. The van der Waals surface area contributed by atoms with E-state index in [1.165, 1.54) is 21.4 Å². The Labute approximate surface area is 242 Å². The van der Waals surface area contributed by atoms with Crippen LogP contribution >= 0.6 is 0 Å². The topological polar surface area (TPSA) is 149 Å². The van der Waals surface area contributed by atoms with E-state index in [1.807, 2.05) is 18.2 Å². The zero-order valence-electron chi connectivity index (χ0n) is 22.2. The Balaban J connectivity index is 0.00000405. The van der Waals surface area contributed by atoms with Crippen LogP contribution in [-0.4, -0.2) is 42.5 Å². The zero-order chi connectivity index (χ0) is 28.9. The van der Waals surface area contributed by atoms with Crippen molar-refractivity contribution in [1.29, 1.82) is 0 Å². The van der Waals surface area contributed by atoms with Crippen molar-refractivity contribution in [2.24, 2.45) is 0 Å². The number of carbonyl (C=O) groups is 2. The van der Waals surface area contributed by atoms with Gasteiger partial charge in [-0.1, -0.05) is 50.1 Å². The molecule has 1 atom stereocenters. The summed E-state index contributed by atoms with van der Waals surface area (Å²) in [7, 11) is 0. The number of nitrogens with one attached hydrogen (secondary N) is 2. The third-order valence-electron chi connectivity index (χ3n) is 6.27. The van der Waals surface area contributed by atoms with E-state index in [1.54, 1.807) is 49.4 Å². The molecule has 4 N–H and O–H groups in total. The second kappa shape index (κ2) is 12.6. The minimum Gasteiger partial charge on any atom is -0.382 e. The van der Waals surface area contributed by atoms with Crippen LogP contribution < -0.4 is 21.9 Å². The molecule has 0 fully saturated rings. The normalized spacial score (nSPS) is 11.2. The van der Waals surface area contributed by atoms with Gasteiger partial charge in [-0.05, 0) is 49.4 Å². The minimum atomic E-state index is -0.711. The number of fused-ring (bicyclic) bond motifs is 2. The average Bonchev–Trinajstić information content (AvgIpc) is 3.32. The maximum atomic E-state index is 14.1. The summed E-state index contributed by atoms with van der Waals surface area (Å²) in [4.78, 5) is 47.8. The molecule has 0 aliphatic heterocycles. The molecule has 0 saturated carbocycles. The quantitative estimate of drug-likeness (QED) is 0.157. The standard InChI is InChI=1S/C30H26N8O3.CH4/c1-3-24(39)32-17-8-7-11-20-12-9-15-22-25(20)30(41)37(21-13-5-4-6-14-21)28(35-22)19(2)34-29(40)26-27(31)36-23-16-10-18-33-38(23)26;/h3-6,9-10,12-16,18-19H,1,8,17,31H2,2H3,(H,32,39)(H,34,40);1H4/t19-;/m0./s1. The lowest BCUT2D eigenvalue weighted by Crippen LogP contribution is -2.34. The van der Waals surface area contributed by atoms with Gasteiger partial charge in [0, 0.05) is 24.7 Å². The summed E-state index contributed by atoms with van der Waals surface area (Å²) in [5.41, 5.74) is 7.75. The van der Waals surface area contributed by atoms with Gasteiger partial charge in [-0.15, -0.1) is 0 Å². The number of nitrogens with zero attached hydrogens (tertiary/aromatic N) is 5. The predicted octanol–water partition coefficient (Wildman–Crippen LogP) is 3.18. The Kier molecular flexibility index (Phi) is 8.78. The number of nitrogens with two attached hydrogens (primary N) is 1. The summed E-state index contributed by atoms with van der Waals surface area (Å²) in [5, 5.41) is 10.1. The minimum absolute atomic E-state index is 0. The Morgan fingerprint density at radius 2 is 1.88 bits per heavy atom. The maximum absolute atomic E-state index is 14.1. The van der Waals surface area contributed by atoms with E-state index in [9.17, 15) is 14.4 Å². The SMILES string of the molecule is C.C=CC(=O)NCCC#Cc1cccc2nc([C@H](C)NC(=O)c3c(N)nc4cccnn34)n(-c3ccccc3)c(=O)c12. The highest BCUT2D eigenvalue weighted by Gasteiger charge is 2.24. The van der Waals surface area contributed by atoms with Crippen LogP contribution in [0, 0.1) is 11.8 Å². The van der Waals surface area contributed by atoms with Gasteiger partial charge in [0.25, 0.3) is 11.5 Å². The zero-order valence-corrected chi connectivity index (χ0v) is 22.2. The number of carbonyl (C=O) groups excluding carboxylic acids is 2. The number of hydrogen-bond acceptors (Lipinski definition) is 7. The second-order valence-corrected chi connectivity index (χ2v) is 9.03. The molecule has 11 nitrogen and oxygen atoms in total. The summed E-state index contributed by atoms with van der Waals surface area (Å²) >= 11 is 0. The Hall–Kier alpha value is -5.76. The van der Waals surface area contributed by atoms with Crippen LogP contribution in [0.2, 0.25) is 0 Å². The van der Waals surface area contributed by atoms with Crippen LogP contribution in [0.1, 0.15) is 48.7 Å². The molecule has 5 rings (SSSR count). The molecule has 0 radical (unpaired) electrons. The van der Waals surface area contributed by atoms with Gasteiger partial charge in [0.05, 0.1) is 22.6 Å². The molecule has 0 bridgehead atoms. The van der Waals surface area contributed by atoms with Crippen molar-refractivity contribution in [2.75, 3.05) is 12.3 Å². The Morgan fingerprint density at radius 1 is 1.10 bits per heavy atom. The number of benzene rings is 2. The summed E-state index contributed by atoms with van der Waals surface area (Å²) in [6.45, 7) is 5.51. The van der Waals surface area contributed by atoms with E-state index in [0.29, 0.717) is 46.6 Å². The van der Waals surface area contributed by atoms with E-state index in [4.69, 9.17) is 10.7 Å². The summed E-state index contributed by atoms with van der Waals surface area (Å²) in [6.07, 6.45) is 3.11. The van der Waals surface area contributed by atoms with Gasteiger partial charge in [-0.2, -0.15) is 5.10 Å². The van der Waals surface area contributed by atoms with Crippen molar-refractivity contribution < 1.29 is 9.59 Å². The van der Waals surface area contributed by atoms with Crippen LogP contribution in [0.4, 0.5) is 5.82 Å². The molecule has 3 aromatic heterocycles. The molecule has 42 heavy (non-hydrogen) atoms. The molecule has 0 saturated heterocycles. The number of anilines is 1. The number of amides is 2. The fourth-order valence-electron chi connectivity index (χ4n) is 4.39. The molecule has 0 spiro atoms. The van der Waals surface area contributed by atoms with Gasteiger partial charge in [0.15, 0.2) is 17.2 Å². The van der Waals surface area contributed by atoms with Crippen molar-refractivity contribution in [2.45, 2.75) is 26.8 Å². The molecular weight excluding hydrogens is 532 g/mol. The van der Waals surface area contributed by atoms with E-state index in [0.717, 1.165) is 0 Å². The molecule has 2 amide bonds. The summed E-state index contributed by atoms with van der Waals surface area (Å²) in [5.74, 6) is 5.60. The molecule has 0 aliphatic carbocycles. The molecule has 212 valence electrons. The number of nitrogen functional groups attached to an aromatic ring is 1. The first-order valence-corrected chi connectivity index (χ1v) is 12.8. The van der Waals surface area contributed by atoms with E-state index < -0.39 is 11.9 Å². The molecule has 2 aromatic carbocycles. The van der Waals surface area contributed by atoms with Gasteiger partial charge >= 0.3 is 0 Å². The maximum Gasteiger partial charge on any atom is 0.274 e. The average molecular weight is 563 g/mol. The highest BCUT2D eigenvalue weighted by atomic mass is 16.2. The first kappa shape index (κ1) is 29.2. The second-order valence-electron chi connectivity index (χ2n) is 9.03. The van der Waals surface area contributed by atoms with Crippen LogP contribution in [0.15, 0.2) is 84.3 Å². The van der Waals surface area contributed by atoms with Gasteiger partial charge in [0.1, 0.15) is 5.82 Å². The first-order chi connectivity index (χ1) is 19.9. The highest BCUT2D eigenvalue weighted by Crippen LogP contribution is 2.21. The fourth-order valence-corrected chi connectivity index (χ4v) is 4.39. The van der Waals surface area contributed by atoms with Crippen molar-refractivity contribution >= 4 is 34.2 Å². The van der Waals surface area contributed by atoms with Crippen LogP contribution in [0.25, 0.3) is 22.2 Å². The lowest BCUT2D eigenvalue weighted by Gasteiger charge is -2.20. The monoisotopic (exact) mass is 562 g/mol. The fraction of sp³-hybridized carbons (Fsp3) is 0.161. The van der Waals surface area contributed by atoms with Crippen molar-refractivity contribution in [3.05, 3.63) is 107 Å². The smallest absolute Gasteiger partial charge is 0.274 e.